The van der Waals surface area contributed by atoms with E-state index in [0.717, 1.165) is 12.8 Å². The van der Waals surface area contributed by atoms with Crippen molar-refractivity contribution < 1.29 is 14.4 Å². The predicted molar refractivity (Wildman–Crippen MR) is 56.4 cm³/mol. The van der Waals surface area contributed by atoms with Gasteiger partial charge < -0.3 is 0 Å². The molecule has 0 aromatic rings. The average Bonchev–Trinajstić information content (AvgIpc) is 2.98. The highest BCUT2D eigenvalue weighted by atomic mass is 16.2. The quantitative estimate of drug-likeness (QED) is 0.725. The number of hydrogen-bond acceptors (Lipinski definition) is 3. The number of amides is 4. The maximum atomic E-state index is 11.7. The Morgan fingerprint density at radius 1 is 1.38 bits per heavy atom. The van der Waals surface area contributed by atoms with E-state index in [-0.39, 0.29) is 18.4 Å². The molecule has 1 aliphatic heterocycles. The van der Waals surface area contributed by atoms with Crippen LogP contribution in [0.5, 0.6) is 0 Å². The highest BCUT2D eigenvalue weighted by molar-refractivity contribution is 6.14. The van der Waals surface area contributed by atoms with Crippen LogP contribution in [0.4, 0.5) is 4.79 Å². The molecule has 1 aliphatic carbocycles. The zero-order chi connectivity index (χ0) is 11.7. The summed E-state index contributed by atoms with van der Waals surface area (Å²) in [7, 11) is 0. The summed E-state index contributed by atoms with van der Waals surface area (Å²) in [5.41, 5.74) is 0. The highest BCUT2D eigenvalue weighted by Crippen LogP contribution is 2.35. The number of nitrogens with one attached hydrogen (secondary N) is 1. The van der Waals surface area contributed by atoms with Crippen LogP contribution >= 0.6 is 0 Å². The largest absolute Gasteiger partial charge is 0.331 e. The molecule has 0 aromatic carbocycles. The van der Waals surface area contributed by atoms with Crippen LogP contribution in [0.3, 0.4) is 0 Å². The fourth-order valence-corrected chi connectivity index (χ4v) is 2.12. The Morgan fingerprint density at radius 2 is 2.06 bits per heavy atom. The predicted octanol–water partition coefficient (Wildman–Crippen LogP) is 1.03. The van der Waals surface area contributed by atoms with E-state index in [0.29, 0.717) is 5.92 Å². The third-order valence-electron chi connectivity index (χ3n) is 3.18. The summed E-state index contributed by atoms with van der Waals surface area (Å²) in [6.45, 7) is 1.96. The smallest absolute Gasteiger partial charge is 0.277 e. The van der Waals surface area contributed by atoms with Gasteiger partial charge in [-0.25, -0.2) is 4.79 Å². The number of rotatable bonds is 4. The lowest BCUT2D eigenvalue weighted by Crippen LogP contribution is -2.56. The molecule has 1 saturated carbocycles. The van der Waals surface area contributed by atoms with Crippen LogP contribution in [-0.4, -0.2) is 28.8 Å². The molecule has 1 N–H and O–H groups in total. The zero-order valence-electron chi connectivity index (χ0n) is 9.36. The molecule has 1 unspecified atom stereocenters. The van der Waals surface area contributed by atoms with Crippen molar-refractivity contribution in [3.05, 3.63) is 0 Å². The average molecular weight is 224 g/mol. The molecule has 4 amide bonds. The number of barbiturate groups is 1. The summed E-state index contributed by atoms with van der Waals surface area (Å²) < 4.78 is 0. The van der Waals surface area contributed by atoms with Crippen LogP contribution in [0.25, 0.3) is 0 Å². The van der Waals surface area contributed by atoms with Crippen LogP contribution in [0, 0.1) is 5.92 Å². The van der Waals surface area contributed by atoms with Gasteiger partial charge in [0.15, 0.2) is 0 Å². The molecule has 0 aromatic heterocycles. The van der Waals surface area contributed by atoms with Gasteiger partial charge in [0.1, 0.15) is 6.42 Å². The first-order valence-corrected chi connectivity index (χ1v) is 5.77. The number of carbonyl (C=O) groups excluding carboxylic acids is 3. The van der Waals surface area contributed by atoms with Gasteiger partial charge in [0.25, 0.3) is 0 Å². The fraction of sp³-hybridized carbons (Fsp3) is 0.727. The van der Waals surface area contributed by atoms with Gasteiger partial charge in [0.05, 0.1) is 0 Å². The minimum atomic E-state index is -0.547. The summed E-state index contributed by atoms with van der Waals surface area (Å²) in [6.07, 6.45) is 3.82. The fourth-order valence-electron chi connectivity index (χ4n) is 2.12. The van der Waals surface area contributed by atoms with Gasteiger partial charge in [0, 0.05) is 6.04 Å². The molecule has 1 heterocycles. The second-order valence-corrected chi connectivity index (χ2v) is 4.53. The molecule has 2 aliphatic rings. The Kier molecular flexibility index (Phi) is 2.94. The van der Waals surface area contributed by atoms with Gasteiger partial charge in [-0.05, 0) is 18.8 Å². The molecule has 2 rings (SSSR count). The van der Waals surface area contributed by atoms with Crippen molar-refractivity contribution in [2.75, 3.05) is 0 Å². The van der Waals surface area contributed by atoms with Gasteiger partial charge in [-0.1, -0.05) is 19.8 Å². The lowest BCUT2D eigenvalue weighted by molar-refractivity contribution is -0.137. The summed E-state index contributed by atoms with van der Waals surface area (Å²) in [5.74, 6) is -0.197. The van der Waals surface area contributed by atoms with E-state index in [1.165, 1.54) is 17.7 Å². The Balaban J connectivity index is 2.06. The number of urea groups is 1. The molecule has 1 saturated heterocycles. The minimum Gasteiger partial charge on any atom is -0.277 e. The monoisotopic (exact) mass is 224 g/mol. The van der Waals surface area contributed by atoms with Gasteiger partial charge in [0.2, 0.25) is 11.8 Å². The van der Waals surface area contributed by atoms with Crippen molar-refractivity contribution in [1.82, 2.24) is 10.2 Å². The second-order valence-electron chi connectivity index (χ2n) is 4.53. The van der Waals surface area contributed by atoms with E-state index in [2.05, 4.69) is 5.32 Å². The molecule has 0 radical (unpaired) electrons. The molecule has 88 valence electrons. The normalized spacial score (nSPS) is 23.3. The molecule has 2 fully saturated rings. The Labute approximate surface area is 94.2 Å². The molecule has 0 bridgehead atoms. The SMILES string of the molecule is CCC(CC1CC1)N1C(=O)CC(=O)NC1=O. The first-order valence-electron chi connectivity index (χ1n) is 5.77. The van der Waals surface area contributed by atoms with E-state index in [1.807, 2.05) is 6.92 Å². The highest BCUT2D eigenvalue weighted by Gasteiger charge is 2.37. The maximum Gasteiger partial charge on any atom is 0.331 e. The molecule has 5 heteroatoms. The zero-order valence-corrected chi connectivity index (χ0v) is 9.36. The van der Waals surface area contributed by atoms with Crippen molar-refractivity contribution in [3.8, 4) is 0 Å². The molecular formula is C11H16N2O3. The third kappa shape index (κ3) is 2.23. The molecule has 0 spiro atoms. The molecule has 1 atom stereocenters. The van der Waals surface area contributed by atoms with Gasteiger partial charge in [-0.3, -0.25) is 19.8 Å². The molecular weight excluding hydrogens is 208 g/mol. The second kappa shape index (κ2) is 4.23. The summed E-state index contributed by atoms with van der Waals surface area (Å²) in [4.78, 5) is 35.5. The lowest BCUT2D eigenvalue weighted by atomic mass is 10.0. The van der Waals surface area contributed by atoms with Crippen LogP contribution in [0.1, 0.15) is 39.0 Å². The molecule has 16 heavy (non-hydrogen) atoms. The number of nitrogens with zero attached hydrogens (tertiary/aromatic N) is 1. The Hall–Kier alpha value is -1.39. The van der Waals surface area contributed by atoms with Gasteiger partial charge in [-0.2, -0.15) is 0 Å². The van der Waals surface area contributed by atoms with Crippen LogP contribution in [0.15, 0.2) is 0 Å². The van der Waals surface area contributed by atoms with E-state index < -0.39 is 11.9 Å². The summed E-state index contributed by atoms with van der Waals surface area (Å²) in [6, 6.07) is -0.596. The number of carbonyl (C=O) groups is 3. The summed E-state index contributed by atoms with van der Waals surface area (Å²) >= 11 is 0. The van der Waals surface area contributed by atoms with Crippen molar-refractivity contribution in [2.45, 2.75) is 45.1 Å². The first-order chi connectivity index (χ1) is 7.61. The van der Waals surface area contributed by atoms with Crippen LogP contribution in [0.2, 0.25) is 0 Å². The standard InChI is InChI=1S/C11H16N2O3/c1-2-8(5-7-3-4-7)13-10(15)6-9(14)12-11(13)16/h7-8H,2-6H2,1H3,(H,12,14,16). The van der Waals surface area contributed by atoms with E-state index in [1.54, 1.807) is 0 Å². The number of imide groups is 2. The van der Waals surface area contributed by atoms with Gasteiger partial charge >= 0.3 is 6.03 Å². The van der Waals surface area contributed by atoms with Crippen LogP contribution in [-0.2, 0) is 9.59 Å². The number of hydrogen-bond donors (Lipinski definition) is 1. The van der Waals surface area contributed by atoms with Crippen molar-refractivity contribution >= 4 is 17.8 Å². The van der Waals surface area contributed by atoms with E-state index >= 15 is 0 Å². The maximum absolute atomic E-state index is 11.7. The Bertz CT molecular complexity index is 316. The van der Waals surface area contributed by atoms with Crippen molar-refractivity contribution in [3.63, 3.8) is 0 Å². The first kappa shape index (κ1) is 11.1. The van der Waals surface area contributed by atoms with Crippen LogP contribution < -0.4 is 5.32 Å². The van der Waals surface area contributed by atoms with E-state index in [9.17, 15) is 14.4 Å². The van der Waals surface area contributed by atoms with Crippen molar-refractivity contribution in [2.24, 2.45) is 5.92 Å². The summed E-state index contributed by atoms with van der Waals surface area (Å²) in [5, 5.41) is 2.20. The Morgan fingerprint density at radius 3 is 2.56 bits per heavy atom. The molecule has 5 nitrogen and oxygen atoms in total. The minimum absolute atomic E-state index is 0.0481. The third-order valence-corrected chi connectivity index (χ3v) is 3.18. The van der Waals surface area contributed by atoms with Gasteiger partial charge in [-0.15, -0.1) is 0 Å². The van der Waals surface area contributed by atoms with Crippen molar-refractivity contribution in [1.29, 1.82) is 0 Å². The lowest BCUT2D eigenvalue weighted by Gasteiger charge is -2.32. The van der Waals surface area contributed by atoms with E-state index in [4.69, 9.17) is 0 Å². The topological polar surface area (TPSA) is 66.5 Å².